The molecule has 24 heavy (non-hydrogen) atoms. The Morgan fingerprint density at radius 1 is 1.08 bits per heavy atom. The average molecular weight is 328 g/mol. The molecule has 0 radical (unpaired) electrons. The highest BCUT2D eigenvalue weighted by Crippen LogP contribution is 2.27. The van der Waals surface area contributed by atoms with E-state index < -0.39 is 0 Å². The molecule has 0 aliphatic carbocycles. The highest BCUT2D eigenvalue weighted by molar-refractivity contribution is 5.97. The Hall–Kier alpha value is -3.02. The van der Waals surface area contributed by atoms with Crippen molar-refractivity contribution in [2.75, 3.05) is 20.8 Å². The zero-order valence-corrected chi connectivity index (χ0v) is 13.9. The zero-order chi connectivity index (χ0) is 17.4. The standard InChI is InChI=1S/C18H20N2O4/c1-4-24-16-10-9-13(11-17(16)23-3)12-19-20-18(21)14-7-5-6-8-15(14)22-2/h5-12H,4H2,1-3H3,(H,20,21)/b19-12-. The molecule has 0 aromatic heterocycles. The van der Waals surface area contributed by atoms with Crippen molar-refractivity contribution in [2.24, 2.45) is 5.10 Å². The number of amides is 1. The van der Waals surface area contributed by atoms with Crippen LogP contribution in [0.5, 0.6) is 17.2 Å². The molecule has 0 unspecified atom stereocenters. The summed E-state index contributed by atoms with van der Waals surface area (Å²) in [5.41, 5.74) is 3.67. The second-order valence-electron chi connectivity index (χ2n) is 4.74. The predicted octanol–water partition coefficient (Wildman–Crippen LogP) is 2.87. The predicted molar refractivity (Wildman–Crippen MR) is 92.2 cm³/mol. The first-order valence-corrected chi connectivity index (χ1v) is 7.46. The molecule has 2 aromatic rings. The van der Waals surface area contributed by atoms with Crippen molar-refractivity contribution >= 4 is 12.1 Å². The van der Waals surface area contributed by atoms with E-state index in [1.807, 2.05) is 13.0 Å². The number of hydrazone groups is 1. The quantitative estimate of drug-likeness (QED) is 0.627. The van der Waals surface area contributed by atoms with Crippen molar-refractivity contribution in [2.45, 2.75) is 6.92 Å². The Labute approximate surface area is 141 Å². The van der Waals surface area contributed by atoms with Crippen molar-refractivity contribution in [3.63, 3.8) is 0 Å². The van der Waals surface area contributed by atoms with Crippen LogP contribution in [-0.4, -0.2) is 32.9 Å². The maximum absolute atomic E-state index is 12.1. The topological polar surface area (TPSA) is 69.2 Å². The van der Waals surface area contributed by atoms with Crippen LogP contribution in [0.4, 0.5) is 0 Å². The van der Waals surface area contributed by atoms with Crippen LogP contribution in [0.1, 0.15) is 22.8 Å². The van der Waals surface area contributed by atoms with Gasteiger partial charge in [0.25, 0.3) is 5.91 Å². The van der Waals surface area contributed by atoms with E-state index in [-0.39, 0.29) is 5.91 Å². The SMILES string of the molecule is CCOc1ccc(/C=N\NC(=O)c2ccccc2OC)cc1OC. The number of rotatable bonds is 7. The monoisotopic (exact) mass is 328 g/mol. The molecule has 1 N–H and O–H groups in total. The van der Waals surface area contributed by atoms with Gasteiger partial charge in [0.2, 0.25) is 0 Å². The number of carbonyl (C=O) groups is 1. The number of carbonyl (C=O) groups excluding carboxylic acids is 1. The Morgan fingerprint density at radius 3 is 2.54 bits per heavy atom. The van der Waals surface area contributed by atoms with Crippen LogP contribution in [0.2, 0.25) is 0 Å². The molecule has 0 spiro atoms. The molecule has 6 nitrogen and oxygen atoms in total. The first-order valence-electron chi connectivity index (χ1n) is 7.46. The molecule has 2 aromatic carbocycles. The van der Waals surface area contributed by atoms with E-state index in [0.717, 1.165) is 5.56 Å². The van der Waals surface area contributed by atoms with E-state index in [9.17, 15) is 4.79 Å². The summed E-state index contributed by atoms with van der Waals surface area (Å²) in [6.45, 7) is 2.46. The third kappa shape index (κ3) is 4.25. The number of methoxy groups -OCH3 is 2. The van der Waals surface area contributed by atoms with Gasteiger partial charge in [-0.15, -0.1) is 0 Å². The maximum atomic E-state index is 12.1. The minimum Gasteiger partial charge on any atom is -0.496 e. The van der Waals surface area contributed by atoms with Crippen LogP contribution in [0.3, 0.4) is 0 Å². The van der Waals surface area contributed by atoms with Crippen molar-refractivity contribution < 1.29 is 19.0 Å². The third-order valence-corrected chi connectivity index (χ3v) is 3.22. The van der Waals surface area contributed by atoms with Gasteiger partial charge in [-0.1, -0.05) is 12.1 Å². The number of hydrogen-bond donors (Lipinski definition) is 1. The normalized spacial score (nSPS) is 10.5. The Morgan fingerprint density at radius 2 is 1.83 bits per heavy atom. The van der Waals surface area contributed by atoms with Crippen LogP contribution in [0.25, 0.3) is 0 Å². The first-order chi connectivity index (χ1) is 11.7. The van der Waals surface area contributed by atoms with E-state index in [4.69, 9.17) is 14.2 Å². The fourth-order valence-electron chi connectivity index (χ4n) is 2.10. The fraction of sp³-hybridized carbons (Fsp3) is 0.222. The number of para-hydroxylation sites is 1. The molecule has 0 atom stereocenters. The molecule has 0 saturated carbocycles. The minimum absolute atomic E-state index is 0.346. The summed E-state index contributed by atoms with van der Waals surface area (Å²) >= 11 is 0. The lowest BCUT2D eigenvalue weighted by atomic mass is 10.2. The van der Waals surface area contributed by atoms with Gasteiger partial charge in [0, 0.05) is 0 Å². The van der Waals surface area contributed by atoms with Gasteiger partial charge in [-0.05, 0) is 42.8 Å². The maximum Gasteiger partial charge on any atom is 0.275 e. The van der Waals surface area contributed by atoms with Crippen molar-refractivity contribution in [1.82, 2.24) is 5.43 Å². The molecule has 2 rings (SSSR count). The van der Waals surface area contributed by atoms with Crippen LogP contribution in [0.15, 0.2) is 47.6 Å². The summed E-state index contributed by atoms with van der Waals surface area (Å²) in [6.07, 6.45) is 1.53. The van der Waals surface area contributed by atoms with Gasteiger partial charge in [0.05, 0.1) is 32.6 Å². The van der Waals surface area contributed by atoms with E-state index in [1.165, 1.54) is 13.3 Å². The minimum atomic E-state index is -0.346. The zero-order valence-electron chi connectivity index (χ0n) is 13.9. The molecule has 0 saturated heterocycles. The highest BCUT2D eigenvalue weighted by Gasteiger charge is 2.10. The summed E-state index contributed by atoms with van der Waals surface area (Å²) in [5, 5.41) is 3.97. The van der Waals surface area contributed by atoms with Crippen LogP contribution in [0, 0.1) is 0 Å². The van der Waals surface area contributed by atoms with Gasteiger partial charge in [0.1, 0.15) is 5.75 Å². The molecule has 0 fully saturated rings. The largest absolute Gasteiger partial charge is 0.496 e. The van der Waals surface area contributed by atoms with Crippen molar-refractivity contribution in [3.8, 4) is 17.2 Å². The van der Waals surface area contributed by atoms with E-state index in [2.05, 4.69) is 10.5 Å². The summed E-state index contributed by atoms with van der Waals surface area (Å²) in [5.74, 6) is 1.42. The summed E-state index contributed by atoms with van der Waals surface area (Å²) in [6, 6.07) is 12.4. The lowest BCUT2D eigenvalue weighted by molar-refractivity contribution is 0.0952. The second kappa shape index (κ2) is 8.57. The lowest BCUT2D eigenvalue weighted by Gasteiger charge is -2.09. The van der Waals surface area contributed by atoms with Crippen molar-refractivity contribution in [3.05, 3.63) is 53.6 Å². The molecule has 0 aliphatic heterocycles. The number of nitrogens with one attached hydrogen (secondary N) is 1. The average Bonchev–Trinajstić information content (AvgIpc) is 2.62. The molecule has 126 valence electrons. The second-order valence-corrected chi connectivity index (χ2v) is 4.74. The number of nitrogens with zero attached hydrogens (tertiary/aromatic N) is 1. The Kier molecular flexibility index (Phi) is 6.19. The molecular formula is C18H20N2O4. The molecule has 1 amide bonds. The third-order valence-electron chi connectivity index (χ3n) is 3.22. The van der Waals surface area contributed by atoms with Gasteiger partial charge < -0.3 is 14.2 Å². The number of benzene rings is 2. The number of ether oxygens (including phenoxy) is 3. The van der Waals surface area contributed by atoms with E-state index >= 15 is 0 Å². The molecule has 0 bridgehead atoms. The molecular weight excluding hydrogens is 308 g/mol. The lowest BCUT2D eigenvalue weighted by Crippen LogP contribution is -2.18. The van der Waals surface area contributed by atoms with Crippen LogP contribution in [-0.2, 0) is 0 Å². The molecule has 6 heteroatoms. The summed E-state index contributed by atoms with van der Waals surface area (Å²) in [4.78, 5) is 12.1. The molecule has 0 heterocycles. The van der Waals surface area contributed by atoms with Gasteiger partial charge in [-0.3, -0.25) is 4.79 Å². The van der Waals surface area contributed by atoms with Crippen LogP contribution >= 0.6 is 0 Å². The molecule has 0 aliphatic rings. The van der Waals surface area contributed by atoms with E-state index in [0.29, 0.717) is 29.4 Å². The first kappa shape index (κ1) is 17.3. The fourth-order valence-corrected chi connectivity index (χ4v) is 2.10. The summed E-state index contributed by atoms with van der Waals surface area (Å²) < 4.78 is 15.9. The van der Waals surface area contributed by atoms with E-state index in [1.54, 1.807) is 43.5 Å². The van der Waals surface area contributed by atoms with Gasteiger partial charge in [-0.2, -0.15) is 5.10 Å². The van der Waals surface area contributed by atoms with Crippen molar-refractivity contribution in [1.29, 1.82) is 0 Å². The Bertz CT molecular complexity index is 729. The smallest absolute Gasteiger partial charge is 0.275 e. The van der Waals surface area contributed by atoms with Gasteiger partial charge >= 0.3 is 0 Å². The number of hydrogen-bond acceptors (Lipinski definition) is 5. The van der Waals surface area contributed by atoms with Crippen LogP contribution < -0.4 is 19.6 Å². The van der Waals surface area contributed by atoms with Gasteiger partial charge in [0.15, 0.2) is 11.5 Å². The summed E-state index contributed by atoms with van der Waals surface area (Å²) in [7, 11) is 3.09. The highest BCUT2D eigenvalue weighted by atomic mass is 16.5. The Balaban J connectivity index is 2.07. The van der Waals surface area contributed by atoms with Gasteiger partial charge in [-0.25, -0.2) is 5.43 Å².